The topological polar surface area (TPSA) is 55.8 Å². The number of benzene rings is 1. The van der Waals surface area contributed by atoms with E-state index in [0.29, 0.717) is 18.5 Å². The Morgan fingerprint density at radius 3 is 1.79 bits per heavy atom. The second kappa shape index (κ2) is 11.4. The SMILES string of the molecule is CCCOC(=O)C(C(=O)OCCC)=C(/C=C(/c1ccccc1)C(C)(C)C)N(C)C. The third-order valence-corrected chi connectivity index (χ3v) is 4.19. The number of nitrogens with zero attached hydrogens (tertiary/aromatic N) is 1. The van der Waals surface area contributed by atoms with Gasteiger partial charge in [-0.25, -0.2) is 9.59 Å². The van der Waals surface area contributed by atoms with E-state index in [9.17, 15) is 9.59 Å². The maximum atomic E-state index is 12.8. The quantitative estimate of drug-likeness (QED) is 0.195. The summed E-state index contributed by atoms with van der Waals surface area (Å²) in [7, 11) is 3.61. The Kier molecular flexibility index (Phi) is 9.66. The van der Waals surface area contributed by atoms with Gasteiger partial charge >= 0.3 is 11.9 Å². The highest BCUT2D eigenvalue weighted by Gasteiger charge is 2.28. The molecule has 0 aromatic heterocycles. The Balaban J connectivity index is 3.67. The summed E-state index contributed by atoms with van der Waals surface area (Å²) >= 11 is 0. The van der Waals surface area contributed by atoms with E-state index < -0.39 is 11.9 Å². The fraction of sp³-hybridized carbons (Fsp3) is 0.500. The summed E-state index contributed by atoms with van der Waals surface area (Å²) in [6.45, 7) is 10.6. The predicted octanol–water partition coefficient (Wildman–Crippen LogP) is 4.84. The number of carbonyl (C=O) groups is 2. The van der Waals surface area contributed by atoms with Gasteiger partial charge in [-0.15, -0.1) is 0 Å². The first-order valence-corrected chi connectivity index (χ1v) is 10.2. The van der Waals surface area contributed by atoms with Crippen molar-refractivity contribution in [3.05, 3.63) is 53.2 Å². The lowest BCUT2D eigenvalue weighted by Crippen LogP contribution is -2.26. The molecule has 0 aliphatic heterocycles. The van der Waals surface area contributed by atoms with Crippen LogP contribution in [0.3, 0.4) is 0 Å². The summed E-state index contributed by atoms with van der Waals surface area (Å²) in [4.78, 5) is 27.3. The Morgan fingerprint density at radius 2 is 1.41 bits per heavy atom. The first-order valence-electron chi connectivity index (χ1n) is 10.2. The minimum absolute atomic E-state index is 0.0745. The zero-order valence-corrected chi connectivity index (χ0v) is 18.9. The minimum Gasteiger partial charge on any atom is -0.462 e. The molecule has 0 saturated heterocycles. The molecule has 29 heavy (non-hydrogen) atoms. The van der Waals surface area contributed by atoms with Gasteiger partial charge in [-0.1, -0.05) is 65.0 Å². The van der Waals surface area contributed by atoms with E-state index in [1.54, 1.807) is 19.0 Å². The molecule has 0 aliphatic carbocycles. The Morgan fingerprint density at radius 1 is 0.931 bits per heavy atom. The third-order valence-electron chi connectivity index (χ3n) is 4.19. The number of hydrogen-bond acceptors (Lipinski definition) is 5. The Labute approximate surface area is 175 Å². The molecular weight excluding hydrogens is 366 g/mol. The van der Waals surface area contributed by atoms with Crippen molar-refractivity contribution in [2.24, 2.45) is 5.41 Å². The first-order chi connectivity index (χ1) is 13.6. The van der Waals surface area contributed by atoms with Gasteiger partial charge in [0.15, 0.2) is 5.57 Å². The molecule has 5 heteroatoms. The van der Waals surface area contributed by atoms with E-state index in [2.05, 4.69) is 20.8 Å². The van der Waals surface area contributed by atoms with Gasteiger partial charge in [0.25, 0.3) is 0 Å². The molecule has 0 spiro atoms. The summed E-state index contributed by atoms with van der Waals surface area (Å²) < 4.78 is 10.6. The maximum absolute atomic E-state index is 12.8. The van der Waals surface area contributed by atoms with E-state index in [0.717, 1.165) is 11.1 Å². The van der Waals surface area contributed by atoms with E-state index in [4.69, 9.17) is 9.47 Å². The average Bonchev–Trinajstić information content (AvgIpc) is 2.66. The molecule has 0 aliphatic rings. The zero-order chi connectivity index (χ0) is 22.0. The Bertz CT molecular complexity index is 718. The molecule has 0 radical (unpaired) electrons. The normalized spacial score (nSPS) is 11.6. The molecule has 0 atom stereocenters. The number of likely N-dealkylation sites (N-methyl/N-ethyl adjacent to an activating group) is 1. The van der Waals surface area contributed by atoms with Crippen LogP contribution in [0.25, 0.3) is 5.57 Å². The van der Waals surface area contributed by atoms with Crippen LogP contribution in [0.2, 0.25) is 0 Å². The molecule has 0 fully saturated rings. The molecule has 160 valence electrons. The first kappa shape index (κ1) is 24.5. The van der Waals surface area contributed by atoms with Gasteiger partial charge in [-0.3, -0.25) is 0 Å². The summed E-state index contributed by atoms with van der Waals surface area (Å²) in [5.41, 5.74) is 2.22. The maximum Gasteiger partial charge on any atom is 0.347 e. The summed E-state index contributed by atoms with van der Waals surface area (Å²) in [5.74, 6) is -1.32. The van der Waals surface area contributed by atoms with E-state index in [1.165, 1.54) is 0 Å². The second-order valence-electron chi connectivity index (χ2n) is 8.10. The lowest BCUT2D eigenvalue weighted by atomic mass is 9.81. The molecule has 1 aromatic carbocycles. The zero-order valence-electron chi connectivity index (χ0n) is 18.9. The van der Waals surface area contributed by atoms with Gasteiger partial charge in [0.05, 0.1) is 18.9 Å². The highest BCUT2D eigenvalue weighted by Crippen LogP contribution is 2.35. The third kappa shape index (κ3) is 7.41. The van der Waals surface area contributed by atoms with Gasteiger partial charge < -0.3 is 14.4 Å². The number of allylic oxidation sites excluding steroid dienone is 2. The van der Waals surface area contributed by atoms with Gasteiger partial charge in [-0.05, 0) is 35.5 Å². The molecular formula is C24H35NO4. The fourth-order valence-corrected chi connectivity index (χ4v) is 2.74. The molecule has 0 saturated carbocycles. The number of ether oxygens (including phenoxy) is 2. The predicted molar refractivity (Wildman–Crippen MR) is 117 cm³/mol. The lowest BCUT2D eigenvalue weighted by molar-refractivity contribution is -0.147. The molecule has 0 amide bonds. The van der Waals surface area contributed by atoms with Crippen LogP contribution in [-0.4, -0.2) is 44.1 Å². The standard InChI is InChI=1S/C24H35NO4/c1-8-15-28-22(26)21(23(27)29-16-9-2)20(25(6)7)17-19(24(3,4)5)18-13-11-10-12-14-18/h10-14,17H,8-9,15-16H2,1-7H3/b19-17-. The molecule has 5 nitrogen and oxygen atoms in total. The van der Waals surface area contributed by atoms with Gasteiger partial charge in [0.1, 0.15) is 0 Å². The summed E-state index contributed by atoms with van der Waals surface area (Å²) in [6.07, 6.45) is 3.24. The summed E-state index contributed by atoms with van der Waals surface area (Å²) in [5, 5.41) is 0. The van der Waals surface area contributed by atoms with Crippen molar-refractivity contribution in [2.45, 2.75) is 47.5 Å². The minimum atomic E-state index is -0.658. The van der Waals surface area contributed by atoms with E-state index in [1.807, 2.05) is 50.3 Å². The van der Waals surface area contributed by atoms with Crippen LogP contribution >= 0.6 is 0 Å². The highest BCUT2D eigenvalue weighted by atomic mass is 16.6. The van der Waals surface area contributed by atoms with Gasteiger partial charge in [0, 0.05) is 14.1 Å². The number of hydrogen-bond donors (Lipinski definition) is 0. The Hall–Kier alpha value is -2.56. The van der Waals surface area contributed by atoms with E-state index >= 15 is 0 Å². The molecule has 1 rings (SSSR count). The van der Waals surface area contributed by atoms with Crippen LogP contribution in [0.5, 0.6) is 0 Å². The van der Waals surface area contributed by atoms with Crippen LogP contribution in [0.15, 0.2) is 47.7 Å². The monoisotopic (exact) mass is 401 g/mol. The fourth-order valence-electron chi connectivity index (χ4n) is 2.74. The van der Waals surface area contributed by atoms with Crippen LogP contribution in [0.4, 0.5) is 0 Å². The number of esters is 2. The van der Waals surface area contributed by atoms with Crippen molar-refractivity contribution in [3.8, 4) is 0 Å². The van der Waals surface area contributed by atoms with Crippen molar-refractivity contribution in [2.75, 3.05) is 27.3 Å². The van der Waals surface area contributed by atoms with Crippen LogP contribution in [0, 0.1) is 5.41 Å². The summed E-state index contributed by atoms with van der Waals surface area (Å²) in [6, 6.07) is 9.95. The van der Waals surface area contributed by atoms with Crippen LogP contribution in [-0.2, 0) is 19.1 Å². The lowest BCUT2D eigenvalue weighted by Gasteiger charge is -2.26. The smallest absolute Gasteiger partial charge is 0.347 e. The van der Waals surface area contributed by atoms with Crippen LogP contribution in [0.1, 0.15) is 53.0 Å². The van der Waals surface area contributed by atoms with Crippen molar-refractivity contribution in [1.29, 1.82) is 0 Å². The van der Waals surface area contributed by atoms with Crippen molar-refractivity contribution in [1.82, 2.24) is 4.90 Å². The van der Waals surface area contributed by atoms with Gasteiger partial charge in [0.2, 0.25) is 0 Å². The average molecular weight is 402 g/mol. The van der Waals surface area contributed by atoms with Gasteiger partial charge in [-0.2, -0.15) is 0 Å². The van der Waals surface area contributed by atoms with Crippen molar-refractivity contribution in [3.63, 3.8) is 0 Å². The number of carbonyl (C=O) groups excluding carboxylic acids is 2. The molecule has 0 heterocycles. The molecule has 0 bridgehead atoms. The van der Waals surface area contributed by atoms with Crippen molar-refractivity contribution < 1.29 is 19.1 Å². The van der Waals surface area contributed by atoms with E-state index in [-0.39, 0.29) is 24.2 Å². The number of rotatable bonds is 9. The van der Waals surface area contributed by atoms with Crippen LogP contribution < -0.4 is 0 Å². The second-order valence-corrected chi connectivity index (χ2v) is 8.10. The van der Waals surface area contributed by atoms with Crippen molar-refractivity contribution >= 4 is 17.5 Å². The highest BCUT2D eigenvalue weighted by molar-refractivity contribution is 6.15. The molecule has 0 unspecified atom stereocenters. The largest absolute Gasteiger partial charge is 0.462 e. The molecule has 0 N–H and O–H groups in total. The molecule has 1 aromatic rings.